The summed E-state index contributed by atoms with van der Waals surface area (Å²) in [6, 6.07) is 3.48. The monoisotopic (exact) mass is 480 g/mol. The normalized spacial score (nSPS) is 25.5. The molecule has 4 rings (SSSR count). The Hall–Kier alpha value is -2.53. The summed E-state index contributed by atoms with van der Waals surface area (Å²) >= 11 is 0. The molecule has 2 fully saturated rings. The number of alkyl halides is 2. The number of nitrogens with two attached hydrogens (primary N) is 1. The van der Waals surface area contributed by atoms with Crippen molar-refractivity contribution in [3.05, 3.63) is 24.2 Å². The van der Waals surface area contributed by atoms with Crippen molar-refractivity contribution in [3.63, 3.8) is 0 Å². The third kappa shape index (κ3) is 5.93. The van der Waals surface area contributed by atoms with Crippen LogP contribution in [-0.4, -0.2) is 68.9 Å². The largest absolute Gasteiger partial charge is 0.444 e. The highest BCUT2D eigenvalue weighted by molar-refractivity contribution is 5.67. The first-order valence-corrected chi connectivity index (χ1v) is 11.8. The number of hydrogen-bond acceptors (Lipinski definition) is 7. The van der Waals surface area contributed by atoms with Crippen LogP contribution in [0.4, 0.5) is 19.4 Å². The van der Waals surface area contributed by atoms with Gasteiger partial charge in [0.25, 0.3) is 5.92 Å². The lowest BCUT2D eigenvalue weighted by molar-refractivity contribution is -0.0902. The van der Waals surface area contributed by atoms with Gasteiger partial charge in [-0.2, -0.15) is 5.10 Å². The van der Waals surface area contributed by atoms with E-state index in [2.05, 4.69) is 20.3 Å². The molecule has 2 saturated heterocycles. The SMILES string of the molecule is CC(C)(C)OC(=O)NCC[C@@H]1CC(F)(F)CCN1C[C@@H]1CC[C@H](c2ccc3c(N)ncnn23)O1. The van der Waals surface area contributed by atoms with Crippen molar-refractivity contribution in [2.45, 2.75) is 82.6 Å². The number of piperidine rings is 1. The summed E-state index contributed by atoms with van der Waals surface area (Å²) in [5, 5.41) is 6.98. The Kier molecular flexibility index (Phi) is 6.95. The van der Waals surface area contributed by atoms with E-state index in [-0.39, 0.29) is 37.6 Å². The van der Waals surface area contributed by atoms with E-state index in [0.717, 1.165) is 24.1 Å². The molecule has 3 atom stereocenters. The molecule has 0 aromatic carbocycles. The van der Waals surface area contributed by atoms with Gasteiger partial charge in [-0.15, -0.1) is 0 Å². The Morgan fingerprint density at radius 3 is 2.91 bits per heavy atom. The van der Waals surface area contributed by atoms with Crippen LogP contribution in [-0.2, 0) is 9.47 Å². The van der Waals surface area contributed by atoms with Gasteiger partial charge >= 0.3 is 6.09 Å². The number of fused-ring (bicyclic) bond motifs is 1. The van der Waals surface area contributed by atoms with E-state index in [4.69, 9.17) is 15.2 Å². The molecule has 0 bridgehead atoms. The van der Waals surface area contributed by atoms with Crippen LogP contribution in [0.15, 0.2) is 18.5 Å². The van der Waals surface area contributed by atoms with Crippen molar-refractivity contribution >= 4 is 17.4 Å². The van der Waals surface area contributed by atoms with Crippen molar-refractivity contribution in [1.82, 2.24) is 24.8 Å². The van der Waals surface area contributed by atoms with Crippen molar-refractivity contribution in [3.8, 4) is 0 Å². The number of nitrogen functional groups attached to an aromatic ring is 1. The zero-order valence-electron chi connectivity index (χ0n) is 20.0. The molecule has 1 amide bonds. The number of rotatable bonds is 6. The highest BCUT2D eigenvalue weighted by Crippen LogP contribution is 2.37. The van der Waals surface area contributed by atoms with Crippen LogP contribution in [0, 0.1) is 0 Å². The third-order valence-corrected chi connectivity index (χ3v) is 6.35. The molecule has 2 aliphatic rings. The van der Waals surface area contributed by atoms with Gasteiger partial charge in [-0.3, -0.25) is 4.90 Å². The van der Waals surface area contributed by atoms with Crippen molar-refractivity contribution in [2.75, 3.05) is 25.4 Å². The number of amides is 1. The Morgan fingerprint density at radius 1 is 1.35 bits per heavy atom. The van der Waals surface area contributed by atoms with Gasteiger partial charge in [-0.1, -0.05) is 0 Å². The number of anilines is 1. The van der Waals surface area contributed by atoms with E-state index in [1.807, 2.05) is 12.1 Å². The van der Waals surface area contributed by atoms with Gasteiger partial charge in [-0.25, -0.2) is 23.1 Å². The van der Waals surface area contributed by atoms with Gasteiger partial charge in [0.05, 0.1) is 11.8 Å². The summed E-state index contributed by atoms with van der Waals surface area (Å²) in [5.74, 6) is -2.29. The number of aromatic nitrogens is 3. The Morgan fingerprint density at radius 2 is 2.15 bits per heavy atom. The average molecular weight is 481 g/mol. The number of carbonyl (C=O) groups is 1. The summed E-state index contributed by atoms with van der Waals surface area (Å²) in [4.78, 5) is 18.0. The van der Waals surface area contributed by atoms with E-state index in [1.165, 1.54) is 6.33 Å². The lowest BCUT2D eigenvalue weighted by Gasteiger charge is -2.40. The topological polar surface area (TPSA) is 107 Å². The number of nitrogens with one attached hydrogen (secondary N) is 1. The number of nitrogens with zero attached hydrogens (tertiary/aromatic N) is 4. The molecular formula is C23H34F2N6O3. The van der Waals surface area contributed by atoms with Crippen LogP contribution < -0.4 is 11.1 Å². The second kappa shape index (κ2) is 9.61. The molecule has 11 heteroatoms. The van der Waals surface area contributed by atoms with E-state index in [0.29, 0.717) is 25.3 Å². The first-order chi connectivity index (χ1) is 16.0. The maximum atomic E-state index is 14.2. The second-order valence-electron chi connectivity index (χ2n) is 10.2. The van der Waals surface area contributed by atoms with E-state index in [9.17, 15) is 13.6 Å². The summed E-state index contributed by atoms with van der Waals surface area (Å²) in [5.41, 5.74) is 6.97. The highest BCUT2D eigenvalue weighted by Gasteiger charge is 2.41. The predicted molar refractivity (Wildman–Crippen MR) is 123 cm³/mol. The van der Waals surface area contributed by atoms with Crippen LogP contribution in [0.1, 0.15) is 64.7 Å². The number of halogens is 2. The first-order valence-electron chi connectivity index (χ1n) is 11.8. The standard InChI is InChI=1S/C23H34F2N6O3/c1-22(2,3)34-21(32)27-10-8-15-12-23(24,25)9-11-30(15)13-16-4-7-19(33-16)17-5-6-18-20(26)28-14-29-31(17)18/h5-6,14-16,19H,4,7-13H2,1-3H3,(H,27,32)(H2,26,28,29)/t15-,16+,19-/m1/s1. The molecule has 0 saturated carbocycles. The Labute approximate surface area is 198 Å². The molecule has 3 N–H and O–H groups in total. The summed E-state index contributed by atoms with van der Waals surface area (Å²) in [6.07, 6.45) is 2.35. The maximum Gasteiger partial charge on any atom is 0.407 e. The van der Waals surface area contributed by atoms with E-state index in [1.54, 1.807) is 25.3 Å². The van der Waals surface area contributed by atoms with Gasteiger partial charge in [0.15, 0.2) is 5.82 Å². The van der Waals surface area contributed by atoms with Gasteiger partial charge in [-0.05, 0) is 52.2 Å². The third-order valence-electron chi connectivity index (χ3n) is 6.35. The number of likely N-dealkylation sites (tertiary alicyclic amines) is 1. The molecule has 9 nitrogen and oxygen atoms in total. The van der Waals surface area contributed by atoms with Crippen LogP contribution >= 0.6 is 0 Å². The smallest absolute Gasteiger partial charge is 0.407 e. The fourth-order valence-corrected chi connectivity index (χ4v) is 4.78. The van der Waals surface area contributed by atoms with E-state index < -0.39 is 17.6 Å². The van der Waals surface area contributed by atoms with Crippen molar-refractivity contribution in [1.29, 1.82) is 0 Å². The molecule has 2 aromatic heterocycles. The molecule has 4 heterocycles. The highest BCUT2D eigenvalue weighted by atomic mass is 19.3. The summed E-state index contributed by atoms with van der Waals surface area (Å²) in [7, 11) is 0. The van der Waals surface area contributed by atoms with Crippen molar-refractivity contribution < 1.29 is 23.0 Å². The fourth-order valence-electron chi connectivity index (χ4n) is 4.78. The lowest BCUT2D eigenvalue weighted by Crippen LogP contribution is -2.50. The molecule has 0 radical (unpaired) electrons. The zero-order chi connectivity index (χ0) is 24.5. The molecule has 2 aromatic rings. The van der Waals surface area contributed by atoms with Crippen molar-refractivity contribution in [2.24, 2.45) is 0 Å². The second-order valence-corrected chi connectivity index (χ2v) is 10.2. The van der Waals surface area contributed by atoms with Gasteiger partial charge in [0, 0.05) is 38.5 Å². The first kappa shape index (κ1) is 24.6. The molecule has 188 valence electrons. The fraction of sp³-hybridized carbons (Fsp3) is 0.696. The van der Waals surface area contributed by atoms with Crippen LogP contribution in [0.2, 0.25) is 0 Å². The van der Waals surface area contributed by atoms with Crippen LogP contribution in [0.3, 0.4) is 0 Å². The molecule has 2 aliphatic heterocycles. The number of alkyl carbamates (subject to hydrolysis) is 1. The predicted octanol–water partition coefficient (Wildman–Crippen LogP) is 3.55. The Balaban J connectivity index is 1.34. The zero-order valence-corrected chi connectivity index (χ0v) is 20.0. The summed E-state index contributed by atoms with van der Waals surface area (Å²) in [6.45, 7) is 6.49. The number of ether oxygens (including phenoxy) is 2. The number of hydrogen-bond donors (Lipinski definition) is 2. The van der Waals surface area contributed by atoms with Crippen LogP contribution in [0.25, 0.3) is 5.52 Å². The summed E-state index contributed by atoms with van der Waals surface area (Å²) < 4.78 is 41.7. The average Bonchev–Trinajstić information content (AvgIpc) is 3.36. The number of carbonyl (C=O) groups excluding carboxylic acids is 1. The molecular weight excluding hydrogens is 446 g/mol. The minimum absolute atomic E-state index is 0.0669. The molecule has 0 spiro atoms. The maximum absolute atomic E-state index is 14.2. The minimum Gasteiger partial charge on any atom is -0.444 e. The van der Waals surface area contributed by atoms with Gasteiger partial charge in [0.2, 0.25) is 0 Å². The molecule has 34 heavy (non-hydrogen) atoms. The van der Waals surface area contributed by atoms with Gasteiger partial charge in [0.1, 0.15) is 23.5 Å². The minimum atomic E-state index is -2.70. The quantitative estimate of drug-likeness (QED) is 0.651. The molecule has 0 aliphatic carbocycles. The molecule has 0 unspecified atom stereocenters. The van der Waals surface area contributed by atoms with Gasteiger partial charge < -0.3 is 20.5 Å². The van der Waals surface area contributed by atoms with E-state index >= 15 is 0 Å². The van der Waals surface area contributed by atoms with Crippen LogP contribution in [0.5, 0.6) is 0 Å². The lowest BCUT2D eigenvalue weighted by atomic mass is 9.95. The Bertz CT molecular complexity index is 1010.